The Labute approximate surface area is 219 Å². The van der Waals surface area contributed by atoms with Crippen LogP contribution in [0.2, 0.25) is 10.0 Å². The van der Waals surface area contributed by atoms with Crippen LogP contribution >= 0.6 is 23.2 Å². The molecule has 2 aliphatic heterocycles. The molecule has 5 nitrogen and oxygen atoms in total. The number of halogens is 2. The minimum absolute atomic E-state index is 0.0606. The highest BCUT2D eigenvalue weighted by Crippen LogP contribution is 2.49. The lowest BCUT2D eigenvalue weighted by atomic mass is 9.76. The predicted octanol–water partition coefficient (Wildman–Crippen LogP) is 5.75. The third-order valence-electron chi connectivity index (χ3n) is 7.68. The van der Waals surface area contributed by atoms with E-state index in [-0.39, 0.29) is 24.3 Å². The Balaban J connectivity index is 1.44. The molecule has 2 amide bonds. The van der Waals surface area contributed by atoms with Gasteiger partial charge in [-0.3, -0.25) is 9.59 Å². The van der Waals surface area contributed by atoms with Crippen molar-refractivity contribution in [3.63, 3.8) is 0 Å². The summed E-state index contributed by atoms with van der Waals surface area (Å²) in [5, 5.41) is 2.38. The molecule has 1 aromatic heterocycles. The van der Waals surface area contributed by atoms with Gasteiger partial charge in [-0.05, 0) is 54.3 Å². The van der Waals surface area contributed by atoms with Gasteiger partial charge in [0.15, 0.2) is 5.54 Å². The summed E-state index contributed by atoms with van der Waals surface area (Å²) in [5.41, 5.74) is 3.66. The maximum atomic E-state index is 14.1. The molecule has 0 aliphatic carbocycles. The van der Waals surface area contributed by atoms with Crippen molar-refractivity contribution in [2.75, 3.05) is 19.6 Å². The number of fused-ring (bicyclic) bond motifs is 5. The van der Waals surface area contributed by atoms with Crippen LogP contribution in [0.15, 0.2) is 72.8 Å². The average Bonchev–Trinajstić information content (AvgIpc) is 3.28. The van der Waals surface area contributed by atoms with E-state index < -0.39 is 5.54 Å². The van der Waals surface area contributed by atoms with Crippen molar-refractivity contribution in [3.05, 3.63) is 105 Å². The number of nitrogens with one attached hydrogen (secondary N) is 1. The van der Waals surface area contributed by atoms with Crippen LogP contribution in [0.1, 0.15) is 35.2 Å². The van der Waals surface area contributed by atoms with Crippen molar-refractivity contribution in [2.24, 2.45) is 0 Å². The van der Waals surface area contributed by atoms with Gasteiger partial charge in [-0.15, -0.1) is 0 Å². The summed E-state index contributed by atoms with van der Waals surface area (Å²) in [6, 6.07) is 23.4. The Kier molecular flexibility index (Phi) is 5.58. The van der Waals surface area contributed by atoms with Crippen LogP contribution in [0.5, 0.6) is 0 Å². The van der Waals surface area contributed by atoms with Crippen molar-refractivity contribution in [1.29, 1.82) is 0 Å². The lowest BCUT2D eigenvalue weighted by Gasteiger charge is -2.51. The highest BCUT2D eigenvalue weighted by Gasteiger charge is 2.56. The quantitative estimate of drug-likeness (QED) is 0.374. The van der Waals surface area contributed by atoms with E-state index in [9.17, 15) is 9.59 Å². The van der Waals surface area contributed by atoms with Gasteiger partial charge >= 0.3 is 0 Å². The van der Waals surface area contributed by atoms with Gasteiger partial charge in [0.05, 0.1) is 12.2 Å². The van der Waals surface area contributed by atoms with E-state index in [0.717, 1.165) is 33.3 Å². The normalized spacial score (nSPS) is 21.6. The number of carbonyl (C=O) groups is 2. The number of nitrogens with zero attached hydrogens (tertiary/aromatic N) is 2. The number of hydrogen-bond donors (Lipinski definition) is 1. The molecule has 182 valence electrons. The van der Waals surface area contributed by atoms with Gasteiger partial charge in [0.2, 0.25) is 5.91 Å². The first kappa shape index (κ1) is 23.1. The van der Waals surface area contributed by atoms with E-state index in [2.05, 4.69) is 11.1 Å². The molecule has 4 aromatic rings. The number of amides is 2. The molecule has 0 spiro atoms. The van der Waals surface area contributed by atoms with Crippen molar-refractivity contribution < 1.29 is 9.59 Å². The third-order valence-corrected chi connectivity index (χ3v) is 8.28. The van der Waals surface area contributed by atoms with Crippen LogP contribution < -0.4 is 0 Å². The van der Waals surface area contributed by atoms with Gasteiger partial charge in [-0.2, -0.15) is 0 Å². The van der Waals surface area contributed by atoms with E-state index in [1.54, 1.807) is 9.80 Å². The Morgan fingerprint density at radius 2 is 1.69 bits per heavy atom. The molecule has 0 radical (unpaired) electrons. The van der Waals surface area contributed by atoms with Gasteiger partial charge in [0, 0.05) is 40.0 Å². The largest absolute Gasteiger partial charge is 0.356 e. The van der Waals surface area contributed by atoms with Crippen LogP contribution in [-0.4, -0.2) is 46.2 Å². The second kappa shape index (κ2) is 8.68. The van der Waals surface area contributed by atoms with Gasteiger partial charge in [0.1, 0.15) is 0 Å². The molecule has 3 heterocycles. The molecular weight excluding hydrogens is 493 g/mol. The maximum absolute atomic E-state index is 14.1. The van der Waals surface area contributed by atoms with Crippen molar-refractivity contribution in [2.45, 2.75) is 24.8 Å². The van der Waals surface area contributed by atoms with Crippen LogP contribution in [0.25, 0.3) is 10.9 Å². The van der Waals surface area contributed by atoms with Gasteiger partial charge in [-0.1, -0.05) is 71.7 Å². The molecule has 0 bridgehead atoms. The topological polar surface area (TPSA) is 56.4 Å². The molecule has 1 saturated heterocycles. The number of aromatic amines is 1. The molecule has 3 aromatic carbocycles. The maximum Gasteiger partial charge on any atom is 0.254 e. The van der Waals surface area contributed by atoms with Gasteiger partial charge in [0.25, 0.3) is 5.91 Å². The van der Waals surface area contributed by atoms with E-state index in [1.807, 2.05) is 73.7 Å². The summed E-state index contributed by atoms with van der Waals surface area (Å²) in [4.78, 5) is 34.7. The molecule has 2 atom stereocenters. The minimum Gasteiger partial charge on any atom is -0.356 e. The van der Waals surface area contributed by atoms with Crippen LogP contribution in [0.3, 0.4) is 0 Å². The molecule has 7 heteroatoms. The molecule has 0 unspecified atom stereocenters. The highest BCUT2D eigenvalue weighted by atomic mass is 35.5. The smallest absolute Gasteiger partial charge is 0.254 e. The molecule has 6 rings (SSSR count). The second-order valence-electron chi connectivity index (χ2n) is 9.71. The number of piperazine rings is 1. The lowest BCUT2D eigenvalue weighted by molar-refractivity contribution is -0.166. The number of para-hydroxylation sites is 1. The number of hydrogen-bond acceptors (Lipinski definition) is 2. The summed E-state index contributed by atoms with van der Waals surface area (Å²) >= 11 is 12.7. The van der Waals surface area contributed by atoms with Crippen molar-refractivity contribution in [3.8, 4) is 0 Å². The second-order valence-corrected chi connectivity index (χ2v) is 10.6. The Morgan fingerprint density at radius 1 is 0.972 bits per heavy atom. The number of aromatic nitrogens is 1. The number of carbonyl (C=O) groups excluding carboxylic acids is 2. The fraction of sp³-hybridized carbons (Fsp3) is 0.241. The van der Waals surface area contributed by atoms with Crippen molar-refractivity contribution >= 4 is 45.9 Å². The molecule has 1 fully saturated rings. The van der Waals surface area contributed by atoms with Gasteiger partial charge < -0.3 is 14.8 Å². The first-order valence-electron chi connectivity index (χ1n) is 12.1. The molecular formula is C29H25Cl2N3O2. The summed E-state index contributed by atoms with van der Waals surface area (Å²) in [6.07, 6.45) is 0.647. The first-order valence-corrected chi connectivity index (χ1v) is 12.8. The number of H-pyrrole nitrogens is 1. The zero-order valence-electron chi connectivity index (χ0n) is 19.8. The molecule has 2 aliphatic rings. The number of rotatable bonds is 4. The van der Waals surface area contributed by atoms with E-state index in [4.69, 9.17) is 23.2 Å². The summed E-state index contributed by atoms with van der Waals surface area (Å²) < 4.78 is 0. The zero-order valence-corrected chi connectivity index (χ0v) is 21.3. The lowest BCUT2D eigenvalue weighted by Crippen LogP contribution is -2.67. The van der Waals surface area contributed by atoms with Crippen molar-refractivity contribution in [1.82, 2.24) is 14.8 Å². The van der Waals surface area contributed by atoms with Crippen LogP contribution in [-0.2, 0) is 21.5 Å². The highest BCUT2D eigenvalue weighted by molar-refractivity contribution is 6.31. The van der Waals surface area contributed by atoms with E-state index in [0.29, 0.717) is 29.6 Å². The fourth-order valence-electron chi connectivity index (χ4n) is 5.81. The van der Waals surface area contributed by atoms with Gasteiger partial charge in [-0.25, -0.2) is 0 Å². The third kappa shape index (κ3) is 3.53. The first-order chi connectivity index (χ1) is 17.4. The fourth-order valence-corrected chi connectivity index (χ4v) is 6.20. The standard InChI is InChI=1S/C29H25Cl2N3O2/c1-29-27-26(21-7-3-5-9-24(21)32-27)22(20-6-2-4-8-23(20)31)16-34(29)25(35)17-33(28(29)36)15-14-18-10-12-19(30)13-11-18/h2-13,22,32H,14-17H2,1H3/t22-,29+/m1/s1. The summed E-state index contributed by atoms with van der Waals surface area (Å²) in [7, 11) is 0. The van der Waals surface area contributed by atoms with E-state index in [1.165, 1.54) is 0 Å². The Hall–Kier alpha value is -3.28. The summed E-state index contributed by atoms with van der Waals surface area (Å²) in [5.74, 6) is -0.272. The Morgan fingerprint density at radius 3 is 2.47 bits per heavy atom. The molecule has 0 saturated carbocycles. The Bertz CT molecular complexity index is 1500. The summed E-state index contributed by atoms with van der Waals surface area (Å²) in [6.45, 7) is 2.79. The SMILES string of the molecule is C[C@]12C(=O)N(CCc3ccc(Cl)cc3)CC(=O)N1C[C@H](c1ccccc1Cl)c1c2[nH]c2ccccc12. The molecule has 1 N–H and O–H groups in total. The minimum atomic E-state index is -1.12. The predicted molar refractivity (Wildman–Crippen MR) is 142 cm³/mol. The monoisotopic (exact) mass is 517 g/mol. The molecule has 36 heavy (non-hydrogen) atoms. The van der Waals surface area contributed by atoms with Crippen LogP contribution in [0.4, 0.5) is 0 Å². The number of benzene rings is 3. The van der Waals surface area contributed by atoms with Crippen LogP contribution in [0, 0.1) is 0 Å². The van der Waals surface area contributed by atoms with E-state index >= 15 is 0 Å². The average molecular weight is 518 g/mol. The zero-order chi connectivity index (χ0) is 25.0.